The summed E-state index contributed by atoms with van der Waals surface area (Å²) in [6.07, 6.45) is 4.22. The Kier molecular flexibility index (Phi) is 2.85. The van der Waals surface area contributed by atoms with E-state index in [0.717, 1.165) is 12.0 Å². The summed E-state index contributed by atoms with van der Waals surface area (Å²) in [5.74, 6) is 0.792. The number of hydrogen-bond acceptors (Lipinski definition) is 2. The molecule has 2 unspecified atom stereocenters. The molecular weight excluding hydrogens is 172 g/mol. The van der Waals surface area contributed by atoms with E-state index in [1.165, 1.54) is 38.9 Å². The van der Waals surface area contributed by atoms with Crippen LogP contribution in [-0.4, -0.2) is 37.6 Å². The molecule has 0 saturated carbocycles. The van der Waals surface area contributed by atoms with Crippen LogP contribution in [0.25, 0.3) is 0 Å². The van der Waals surface area contributed by atoms with E-state index >= 15 is 0 Å². The van der Waals surface area contributed by atoms with Crippen LogP contribution in [0.1, 0.15) is 33.1 Å². The van der Waals surface area contributed by atoms with Crippen molar-refractivity contribution in [3.8, 4) is 0 Å². The molecule has 2 heteroatoms. The lowest BCUT2D eigenvalue weighted by Crippen LogP contribution is -2.54. The Balaban J connectivity index is 2.19. The molecule has 14 heavy (non-hydrogen) atoms. The third-order valence-corrected chi connectivity index (χ3v) is 4.20. The van der Waals surface area contributed by atoms with E-state index in [-0.39, 0.29) is 0 Å². The largest absolute Gasteiger partial charge is 0.316 e. The molecule has 0 aliphatic carbocycles. The molecule has 2 rings (SSSR count). The van der Waals surface area contributed by atoms with Gasteiger partial charge in [-0.25, -0.2) is 0 Å². The van der Waals surface area contributed by atoms with Crippen molar-refractivity contribution in [1.82, 2.24) is 10.2 Å². The summed E-state index contributed by atoms with van der Waals surface area (Å²) in [6.45, 7) is 8.54. The lowest BCUT2D eigenvalue weighted by Gasteiger charge is -2.49. The van der Waals surface area contributed by atoms with Gasteiger partial charge in [-0.15, -0.1) is 0 Å². The van der Waals surface area contributed by atoms with Gasteiger partial charge in [-0.1, -0.05) is 13.8 Å². The van der Waals surface area contributed by atoms with Crippen molar-refractivity contribution < 1.29 is 0 Å². The average molecular weight is 196 g/mol. The number of piperidine rings is 1. The monoisotopic (exact) mass is 196 g/mol. The molecule has 82 valence electrons. The first-order valence-corrected chi connectivity index (χ1v) is 6.07. The Morgan fingerprint density at radius 2 is 2.14 bits per heavy atom. The molecule has 2 fully saturated rings. The number of hydrogen-bond donors (Lipinski definition) is 1. The molecule has 0 radical (unpaired) electrons. The highest BCUT2D eigenvalue weighted by Gasteiger charge is 2.46. The van der Waals surface area contributed by atoms with Crippen LogP contribution in [0.4, 0.5) is 0 Å². The Morgan fingerprint density at radius 1 is 1.36 bits per heavy atom. The molecule has 1 N–H and O–H groups in total. The fraction of sp³-hybridized carbons (Fsp3) is 1.00. The van der Waals surface area contributed by atoms with Gasteiger partial charge in [-0.05, 0) is 50.7 Å². The molecule has 0 aromatic rings. The van der Waals surface area contributed by atoms with Crippen LogP contribution in [0.5, 0.6) is 0 Å². The van der Waals surface area contributed by atoms with Crippen LogP contribution in [0.3, 0.4) is 0 Å². The molecule has 2 heterocycles. The van der Waals surface area contributed by atoms with Gasteiger partial charge in [-0.2, -0.15) is 0 Å². The van der Waals surface area contributed by atoms with Crippen molar-refractivity contribution in [2.45, 2.75) is 39.2 Å². The van der Waals surface area contributed by atoms with E-state index in [9.17, 15) is 0 Å². The number of likely N-dealkylation sites (tertiary alicyclic amines) is 1. The second kappa shape index (κ2) is 3.82. The normalized spacial score (nSPS) is 39.9. The fourth-order valence-electron chi connectivity index (χ4n) is 3.88. The maximum Gasteiger partial charge on any atom is 0.0184 e. The lowest BCUT2D eigenvalue weighted by molar-refractivity contribution is 0.0154. The number of nitrogens with one attached hydrogen (secondary N) is 1. The SMILES string of the molecule is CC(C)C1N(C)CCCC12CCNC2. The molecule has 2 aliphatic heterocycles. The first-order chi connectivity index (χ1) is 6.66. The predicted molar refractivity (Wildman–Crippen MR) is 60.4 cm³/mol. The summed E-state index contributed by atoms with van der Waals surface area (Å²) in [5, 5.41) is 3.56. The third kappa shape index (κ3) is 1.59. The van der Waals surface area contributed by atoms with E-state index < -0.39 is 0 Å². The molecule has 0 amide bonds. The lowest BCUT2D eigenvalue weighted by atomic mass is 9.68. The molecular formula is C12H24N2. The predicted octanol–water partition coefficient (Wildman–Crippen LogP) is 1.72. The van der Waals surface area contributed by atoms with Crippen molar-refractivity contribution in [1.29, 1.82) is 0 Å². The van der Waals surface area contributed by atoms with E-state index in [4.69, 9.17) is 0 Å². The van der Waals surface area contributed by atoms with Gasteiger partial charge in [0.05, 0.1) is 0 Å². The Hall–Kier alpha value is -0.0800. The van der Waals surface area contributed by atoms with Crippen molar-refractivity contribution in [3.05, 3.63) is 0 Å². The summed E-state index contributed by atoms with van der Waals surface area (Å²) < 4.78 is 0. The zero-order valence-corrected chi connectivity index (χ0v) is 9.84. The van der Waals surface area contributed by atoms with Crippen LogP contribution >= 0.6 is 0 Å². The second-order valence-electron chi connectivity index (χ2n) is 5.56. The molecule has 2 saturated heterocycles. The maximum atomic E-state index is 3.56. The van der Waals surface area contributed by atoms with Gasteiger partial charge >= 0.3 is 0 Å². The topological polar surface area (TPSA) is 15.3 Å². The van der Waals surface area contributed by atoms with Gasteiger partial charge in [0.15, 0.2) is 0 Å². The summed E-state index contributed by atoms with van der Waals surface area (Å²) in [6, 6.07) is 0.797. The minimum Gasteiger partial charge on any atom is -0.316 e. The highest BCUT2D eigenvalue weighted by molar-refractivity contribution is 5.01. The summed E-state index contributed by atoms with van der Waals surface area (Å²) in [4.78, 5) is 2.60. The Labute approximate surface area is 88.1 Å². The van der Waals surface area contributed by atoms with Gasteiger partial charge in [-0.3, -0.25) is 0 Å². The van der Waals surface area contributed by atoms with Crippen LogP contribution in [0, 0.1) is 11.3 Å². The summed E-state index contributed by atoms with van der Waals surface area (Å²) >= 11 is 0. The van der Waals surface area contributed by atoms with E-state index in [1.807, 2.05) is 0 Å². The van der Waals surface area contributed by atoms with Crippen LogP contribution in [-0.2, 0) is 0 Å². The summed E-state index contributed by atoms with van der Waals surface area (Å²) in [7, 11) is 2.31. The molecule has 2 aliphatic rings. The van der Waals surface area contributed by atoms with E-state index in [0.29, 0.717) is 5.41 Å². The standard InChI is InChI=1S/C12H24N2/c1-10(2)11-12(6-7-13-9-12)5-4-8-14(11)3/h10-11,13H,4-9H2,1-3H3. The minimum absolute atomic E-state index is 0.598. The molecule has 2 nitrogen and oxygen atoms in total. The van der Waals surface area contributed by atoms with Gasteiger partial charge in [0, 0.05) is 12.6 Å². The first-order valence-electron chi connectivity index (χ1n) is 6.07. The van der Waals surface area contributed by atoms with Crippen molar-refractivity contribution in [2.24, 2.45) is 11.3 Å². The van der Waals surface area contributed by atoms with Crippen molar-refractivity contribution in [3.63, 3.8) is 0 Å². The minimum atomic E-state index is 0.598. The van der Waals surface area contributed by atoms with E-state index in [1.54, 1.807) is 0 Å². The van der Waals surface area contributed by atoms with Gasteiger partial charge in [0.2, 0.25) is 0 Å². The molecule has 0 aromatic carbocycles. The smallest absolute Gasteiger partial charge is 0.0184 e. The first kappa shape index (κ1) is 10.4. The van der Waals surface area contributed by atoms with Crippen molar-refractivity contribution >= 4 is 0 Å². The van der Waals surface area contributed by atoms with Gasteiger partial charge in [0.1, 0.15) is 0 Å². The maximum absolute atomic E-state index is 3.56. The third-order valence-electron chi connectivity index (χ3n) is 4.20. The zero-order chi connectivity index (χ0) is 10.2. The average Bonchev–Trinajstić information content (AvgIpc) is 2.53. The van der Waals surface area contributed by atoms with E-state index in [2.05, 4.69) is 31.1 Å². The highest BCUT2D eigenvalue weighted by atomic mass is 15.2. The number of rotatable bonds is 1. The molecule has 0 aromatic heterocycles. The number of nitrogens with zero attached hydrogens (tertiary/aromatic N) is 1. The molecule has 1 spiro atoms. The second-order valence-corrected chi connectivity index (χ2v) is 5.56. The quantitative estimate of drug-likeness (QED) is 0.687. The fourth-order valence-corrected chi connectivity index (χ4v) is 3.88. The highest BCUT2D eigenvalue weighted by Crippen LogP contribution is 2.43. The Morgan fingerprint density at radius 3 is 2.71 bits per heavy atom. The summed E-state index contributed by atoms with van der Waals surface area (Å²) in [5.41, 5.74) is 0.598. The van der Waals surface area contributed by atoms with Crippen LogP contribution < -0.4 is 5.32 Å². The van der Waals surface area contributed by atoms with Gasteiger partial charge in [0.25, 0.3) is 0 Å². The molecule has 0 bridgehead atoms. The van der Waals surface area contributed by atoms with Crippen LogP contribution in [0.15, 0.2) is 0 Å². The van der Waals surface area contributed by atoms with Crippen LogP contribution in [0.2, 0.25) is 0 Å². The zero-order valence-electron chi connectivity index (χ0n) is 9.84. The molecule has 2 atom stereocenters. The van der Waals surface area contributed by atoms with Gasteiger partial charge < -0.3 is 10.2 Å². The van der Waals surface area contributed by atoms with Crippen molar-refractivity contribution in [2.75, 3.05) is 26.7 Å². The Bertz CT molecular complexity index is 194.